The Labute approximate surface area is 147 Å². The molecule has 2 N–H and O–H groups in total. The van der Waals surface area contributed by atoms with Gasteiger partial charge in [0.25, 0.3) is 0 Å². The summed E-state index contributed by atoms with van der Waals surface area (Å²) in [6.07, 6.45) is 0.257. The molecule has 0 aliphatic carbocycles. The third-order valence-corrected chi connectivity index (χ3v) is 4.97. The number of hydrogen-bond acceptors (Lipinski definition) is 4. The number of ether oxygens (including phenoxy) is 1. The van der Waals surface area contributed by atoms with E-state index in [1.54, 1.807) is 25.3 Å². The smallest absolute Gasteiger partial charge is 0.129 e. The Morgan fingerprint density at radius 2 is 1.88 bits per heavy atom. The van der Waals surface area contributed by atoms with Crippen molar-refractivity contribution in [2.24, 2.45) is 0 Å². The van der Waals surface area contributed by atoms with Crippen LogP contribution in [0.15, 0.2) is 48.5 Å². The van der Waals surface area contributed by atoms with Crippen LogP contribution < -0.4 is 4.74 Å². The van der Waals surface area contributed by atoms with Gasteiger partial charge in [-0.05, 0) is 36.6 Å². The first kappa shape index (κ1) is 17.9. The number of likely N-dealkylation sites (tertiary alicyclic amines) is 1. The van der Waals surface area contributed by atoms with Crippen molar-refractivity contribution in [1.82, 2.24) is 4.90 Å². The van der Waals surface area contributed by atoms with E-state index in [-0.39, 0.29) is 5.82 Å². The number of rotatable bonds is 5. The predicted octanol–water partition coefficient (Wildman–Crippen LogP) is 2.85. The van der Waals surface area contributed by atoms with Crippen LogP contribution in [0.4, 0.5) is 4.39 Å². The summed E-state index contributed by atoms with van der Waals surface area (Å²) in [5.74, 6) is 0.346. The van der Waals surface area contributed by atoms with Crippen LogP contribution in [0.3, 0.4) is 0 Å². The lowest BCUT2D eigenvalue weighted by atomic mass is 9.84. The van der Waals surface area contributed by atoms with Gasteiger partial charge < -0.3 is 19.8 Å². The van der Waals surface area contributed by atoms with E-state index in [9.17, 15) is 14.6 Å². The molecule has 0 saturated carbocycles. The average Bonchev–Trinajstić information content (AvgIpc) is 2.64. The first-order valence-corrected chi connectivity index (χ1v) is 8.53. The van der Waals surface area contributed by atoms with Crippen LogP contribution in [0.2, 0.25) is 0 Å². The van der Waals surface area contributed by atoms with Gasteiger partial charge in [0, 0.05) is 25.2 Å². The normalized spacial score (nSPS) is 18.7. The Morgan fingerprint density at radius 3 is 2.56 bits per heavy atom. The van der Waals surface area contributed by atoms with E-state index in [2.05, 4.69) is 4.90 Å². The van der Waals surface area contributed by atoms with Gasteiger partial charge >= 0.3 is 0 Å². The van der Waals surface area contributed by atoms with Crippen LogP contribution in [-0.4, -0.2) is 41.9 Å². The lowest BCUT2D eigenvalue weighted by Gasteiger charge is -2.39. The van der Waals surface area contributed by atoms with Crippen molar-refractivity contribution in [2.75, 3.05) is 26.7 Å². The Kier molecular flexibility index (Phi) is 5.37. The molecule has 25 heavy (non-hydrogen) atoms. The molecule has 0 bridgehead atoms. The summed E-state index contributed by atoms with van der Waals surface area (Å²) in [5, 5.41) is 21.3. The van der Waals surface area contributed by atoms with Crippen molar-refractivity contribution in [1.29, 1.82) is 0 Å². The van der Waals surface area contributed by atoms with E-state index in [1.165, 1.54) is 6.07 Å². The second kappa shape index (κ2) is 7.52. The fraction of sp³-hybridized carbons (Fsp3) is 0.400. The van der Waals surface area contributed by atoms with E-state index in [0.717, 1.165) is 5.56 Å². The summed E-state index contributed by atoms with van der Waals surface area (Å²) < 4.78 is 19.2. The zero-order valence-electron chi connectivity index (χ0n) is 14.4. The monoisotopic (exact) mass is 345 g/mol. The molecule has 1 aliphatic heterocycles. The minimum atomic E-state index is -1.14. The van der Waals surface area contributed by atoms with Crippen molar-refractivity contribution in [3.05, 3.63) is 65.5 Å². The maximum Gasteiger partial charge on any atom is 0.129 e. The molecule has 0 radical (unpaired) electrons. The summed E-state index contributed by atoms with van der Waals surface area (Å²) in [7, 11) is 1.60. The quantitative estimate of drug-likeness (QED) is 0.875. The summed E-state index contributed by atoms with van der Waals surface area (Å²) in [4.78, 5) is 2.10. The molecule has 2 aromatic rings. The molecule has 1 heterocycles. The molecule has 2 aromatic carbocycles. The average molecular weight is 345 g/mol. The molecular weight excluding hydrogens is 321 g/mol. The first-order chi connectivity index (χ1) is 12.0. The second-order valence-electron chi connectivity index (χ2n) is 6.60. The topological polar surface area (TPSA) is 52.9 Å². The van der Waals surface area contributed by atoms with Gasteiger partial charge in [-0.15, -0.1) is 0 Å². The molecule has 0 amide bonds. The Hall–Kier alpha value is -1.95. The summed E-state index contributed by atoms with van der Waals surface area (Å²) >= 11 is 0. The fourth-order valence-electron chi connectivity index (χ4n) is 3.41. The van der Waals surface area contributed by atoms with E-state index in [4.69, 9.17) is 4.74 Å². The first-order valence-electron chi connectivity index (χ1n) is 8.53. The molecule has 4 nitrogen and oxygen atoms in total. The van der Waals surface area contributed by atoms with Crippen molar-refractivity contribution in [3.8, 4) is 5.75 Å². The zero-order chi connectivity index (χ0) is 17.9. The highest BCUT2D eigenvalue weighted by molar-refractivity contribution is 5.30. The van der Waals surface area contributed by atoms with Gasteiger partial charge in [-0.3, -0.25) is 0 Å². The molecule has 1 fully saturated rings. The number of methoxy groups -OCH3 is 1. The van der Waals surface area contributed by atoms with Crippen molar-refractivity contribution < 1.29 is 19.3 Å². The summed E-state index contributed by atoms with van der Waals surface area (Å²) in [6, 6.07) is 13.8. The highest BCUT2D eigenvalue weighted by Gasteiger charge is 2.36. The Balaban J connectivity index is 1.61. The van der Waals surface area contributed by atoms with Crippen LogP contribution in [0.25, 0.3) is 0 Å². The van der Waals surface area contributed by atoms with Gasteiger partial charge in [0.15, 0.2) is 0 Å². The molecule has 0 aromatic heterocycles. The lowest BCUT2D eigenvalue weighted by molar-refractivity contribution is -0.0367. The third kappa shape index (κ3) is 4.00. The fourth-order valence-corrected chi connectivity index (χ4v) is 3.41. The number of aliphatic hydroxyl groups excluding tert-OH is 1. The van der Waals surface area contributed by atoms with Crippen molar-refractivity contribution >= 4 is 0 Å². The van der Waals surface area contributed by atoms with E-state index in [1.807, 2.05) is 24.3 Å². The standard InChI is InChI=1S/C20H24FNO3/c1-25-16-6-4-5-15(13-16)19(23)14-22-11-9-20(24,10-12-22)17-7-2-3-8-18(17)21/h2-8,13,19,23-24H,9-12,14H2,1H3/t19-/m0/s1. The van der Waals surface area contributed by atoms with Crippen LogP contribution in [0.5, 0.6) is 5.75 Å². The molecular formula is C20H24FNO3. The van der Waals surface area contributed by atoms with Gasteiger partial charge in [-0.2, -0.15) is 0 Å². The molecule has 0 spiro atoms. The molecule has 3 rings (SSSR count). The maximum absolute atomic E-state index is 14.0. The minimum Gasteiger partial charge on any atom is -0.497 e. The van der Waals surface area contributed by atoms with Gasteiger partial charge in [-0.1, -0.05) is 30.3 Å². The van der Waals surface area contributed by atoms with Crippen molar-refractivity contribution in [2.45, 2.75) is 24.5 Å². The SMILES string of the molecule is COc1cccc([C@@H](O)CN2CCC(O)(c3ccccc3F)CC2)c1. The molecule has 1 saturated heterocycles. The maximum atomic E-state index is 14.0. The number of halogens is 1. The third-order valence-electron chi connectivity index (χ3n) is 4.97. The molecule has 134 valence electrons. The summed E-state index contributed by atoms with van der Waals surface area (Å²) in [6.45, 7) is 1.68. The molecule has 1 aliphatic rings. The van der Waals surface area contributed by atoms with Crippen LogP contribution >= 0.6 is 0 Å². The number of β-amino-alcohol motifs (C(OH)–C–C–N with tert-alkyl or cyclic N) is 1. The number of aliphatic hydroxyl groups is 2. The summed E-state index contributed by atoms with van der Waals surface area (Å²) in [5.41, 5.74) is 0.0280. The Morgan fingerprint density at radius 1 is 1.16 bits per heavy atom. The van der Waals surface area contributed by atoms with Crippen molar-refractivity contribution in [3.63, 3.8) is 0 Å². The highest BCUT2D eigenvalue weighted by atomic mass is 19.1. The second-order valence-corrected chi connectivity index (χ2v) is 6.60. The van der Waals surface area contributed by atoms with Crippen LogP contribution in [-0.2, 0) is 5.60 Å². The van der Waals surface area contributed by atoms with E-state index >= 15 is 0 Å². The highest BCUT2D eigenvalue weighted by Crippen LogP contribution is 2.34. The van der Waals surface area contributed by atoms with Crippen LogP contribution in [0, 0.1) is 5.82 Å². The zero-order valence-corrected chi connectivity index (χ0v) is 14.4. The number of benzene rings is 2. The largest absolute Gasteiger partial charge is 0.497 e. The minimum absolute atomic E-state index is 0.364. The molecule has 5 heteroatoms. The van der Waals surface area contributed by atoms with Crippen LogP contribution in [0.1, 0.15) is 30.1 Å². The van der Waals surface area contributed by atoms with Gasteiger partial charge in [-0.25, -0.2) is 4.39 Å². The van der Waals surface area contributed by atoms with E-state index < -0.39 is 11.7 Å². The van der Waals surface area contributed by atoms with Gasteiger partial charge in [0.05, 0.1) is 18.8 Å². The molecule has 0 unspecified atom stereocenters. The van der Waals surface area contributed by atoms with Gasteiger partial charge in [0.1, 0.15) is 11.6 Å². The van der Waals surface area contributed by atoms with Gasteiger partial charge in [0.2, 0.25) is 0 Å². The number of hydrogen-bond donors (Lipinski definition) is 2. The lowest BCUT2D eigenvalue weighted by Crippen LogP contribution is -2.44. The Bertz CT molecular complexity index is 714. The predicted molar refractivity (Wildman–Crippen MR) is 93.9 cm³/mol. The number of piperidine rings is 1. The number of nitrogens with zero attached hydrogens (tertiary/aromatic N) is 1. The molecule has 1 atom stereocenters. The van der Waals surface area contributed by atoms with E-state index in [0.29, 0.717) is 43.8 Å².